The summed E-state index contributed by atoms with van der Waals surface area (Å²) in [4.78, 5) is 44.7. The summed E-state index contributed by atoms with van der Waals surface area (Å²) < 4.78 is 35.3. The van der Waals surface area contributed by atoms with E-state index in [9.17, 15) is 23.2 Å². The molecule has 0 amide bonds. The first-order valence-electron chi connectivity index (χ1n) is 11.5. The van der Waals surface area contributed by atoms with Gasteiger partial charge in [-0.2, -0.15) is 0 Å². The maximum absolute atomic E-state index is 13.4. The van der Waals surface area contributed by atoms with Gasteiger partial charge in [-0.15, -0.1) is 0 Å². The zero-order chi connectivity index (χ0) is 26.8. The van der Waals surface area contributed by atoms with Crippen LogP contribution in [0.25, 0.3) is 11.4 Å². The molecule has 0 spiro atoms. The van der Waals surface area contributed by atoms with Crippen LogP contribution >= 0.6 is 0 Å². The molecule has 2 heterocycles. The average Bonchev–Trinajstić information content (AvgIpc) is 3.35. The average molecular weight is 517 g/mol. The van der Waals surface area contributed by atoms with Crippen molar-refractivity contribution in [2.24, 2.45) is 0 Å². The molecule has 0 aliphatic rings. The molecule has 11 heteroatoms. The normalized spacial score (nSPS) is 11.2. The largest absolute Gasteiger partial charge is 0.457 e. The number of imidazole rings is 1. The standard InChI is InChI=1S/C27H21F2N5O4/c1-17-6-5-7-19(12-17)33-25(35)31-26(36)34(27(33)37)20-10-11-23(38-21-8-3-2-4-9-21)18(13-20)14-32-15-22(24(28)29)30-16-32/h2-13,15-16,24H,14H2,1H3,(H,31,35,36). The Hall–Kier alpha value is -5.06. The molecular weight excluding hydrogens is 496 g/mol. The molecule has 5 aromatic rings. The molecule has 192 valence electrons. The quantitative estimate of drug-likeness (QED) is 0.352. The van der Waals surface area contributed by atoms with Crippen LogP contribution in [0.5, 0.6) is 11.5 Å². The van der Waals surface area contributed by atoms with Gasteiger partial charge >= 0.3 is 17.1 Å². The minimum atomic E-state index is -2.73. The number of aryl methyl sites for hydroxylation is 1. The van der Waals surface area contributed by atoms with E-state index in [1.54, 1.807) is 48.5 Å². The fraction of sp³-hybridized carbons (Fsp3) is 0.111. The van der Waals surface area contributed by atoms with E-state index < -0.39 is 23.5 Å². The molecule has 2 aromatic heterocycles. The summed E-state index contributed by atoms with van der Waals surface area (Å²) in [6, 6.07) is 20.2. The molecule has 0 bridgehead atoms. The lowest BCUT2D eigenvalue weighted by Crippen LogP contribution is -2.48. The van der Waals surface area contributed by atoms with E-state index in [1.807, 2.05) is 19.1 Å². The van der Waals surface area contributed by atoms with Crippen LogP contribution < -0.4 is 21.8 Å². The van der Waals surface area contributed by atoms with Crippen molar-refractivity contribution in [1.29, 1.82) is 0 Å². The third-order valence-electron chi connectivity index (χ3n) is 5.77. The maximum Gasteiger partial charge on any atom is 0.345 e. The number of nitrogens with zero attached hydrogens (tertiary/aromatic N) is 4. The summed E-state index contributed by atoms with van der Waals surface area (Å²) in [7, 11) is 0. The highest BCUT2D eigenvalue weighted by Crippen LogP contribution is 2.28. The smallest absolute Gasteiger partial charge is 0.345 e. The van der Waals surface area contributed by atoms with Crippen LogP contribution in [0.4, 0.5) is 8.78 Å². The maximum atomic E-state index is 13.4. The number of alkyl halides is 2. The van der Waals surface area contributed by atoms with E-state index in [2.05, 4.69) is 9.97 Å². The van der Waals surface area contributed by atoms with E-state index in [4.69, 9.17) is 4.74 Å². The summed E-state index contributed by atoms with van der Waals surface area (Å²) in [6.45, 7) is 1.87. The Labute approximate surface area is 213 Å². The highest BCUT2D eigenvalue weighted by molar-refractivity contribution is 5.46. The number of hydrogen-bond acceptors (Lipinski definition) is 5. The number of ether oxygens (including phenoxy) is 1. The molecule has 0 radical (unpaired) electrons. The van der Waals surface area contributed by atoms with Crippen LogP contribution in [0.1, 0.15) is 23.2 Å². The molecule has 38 heavy (non-hydrogen) atoms. The predicted molar refractivity (Wildman–Crippen MR) is 136 cm³/mol. The second-order valence-corrected chi connectivity index (χ2v) is 8.51. The number of H-pyrrole nitrogens is 1. The number of aromatic nitrogens is 5. The summed E-state index contributed by atoms with van der Waals surface area (Å²) in [6.07, 6.45) is -0.264. The number of halogens is 2. The Bertz CT molecular complexity index is 1790. The summed E-state index contributed by atoms with van der Waals surface area (Å²) in [5, 5.41) is 0. The first-order chi connectivity index (χ1) is 18.3. The molecule has 1 N–H and O–H groups in total. The Morgan fingerprint density at radius 2 is 1.61 bits per heavy atom. The van der Waals surface area contributed by atoms with Crippen LogP contribution in [0.2, 0.25) is 0 Å². The molecule has 0 fully saturated rings. The molecule has 0 saturated heterocycles. The van der Waals surface area contributed by atoms with Crippen molar-refractivity contribution in [2.75, 3.05) is 0 Å². The van der Waals surface area contributed by atoms with Gasteiger partial charge in [-0.25, -0.2) is 37.3 Å². The van der Waals surface area contributed by atoms with Gasteiger partial charge in [0.05, 0.1) is 24.2 Å². The SMILES string of the molecule is Cc1cccc(-n2c(=O)[nH]c(=O)n(-c3ccc(Oc4ccccc4)c(Cn4cnc(C(F)F)c4)c3)c2=O)c1. The molecule has 0 aliphatic carbocycles. The Morgan fingerprint density at radius 3 is 2.26 bits per heavy atom. The predicted octanol–water partition coefficient (Wildman–Crippen LogP) is 3.96. The van der Waals surface area contributed by atoms with E-state index >= 15 is 0 Å². The molecule has 0 aliphatic heterocycles. The second kappa shape index (κ2) is 10.1. The molecule has 0 saturated carbocycles. The molecule has 5 rings (SSSR count). The topological polar surface area (TPSA) is 104 Å². The molecular formula is C27H21F2N5O4. The number of rotatable bonds is 7. The molecule has 3 aromatic carbocycles. The number of para-hydroxylation sites is 1. The van der Waals surface area contributed by atoms with Gasteiger partial charge in [0.1, 0.15) is 17.2 Å². The van der Waals surface area contributed by atoms with Crippen molar-refractivity contribution in [1.82, 2.24) is 23.7 Å². The highest BCUT2D eigenvalue weighted by Gasteiger charge is 2.17. The van der Waals surface area contributed by atoms with Gasteiger partial charge < -0.3 is 9.30 Å². The fourth-order valence-electron chi connectivity index (χ4n) is 4.02. The van der Waals surface area contributed by atoms with Crippen molar-refractivity contribution in [3.05, 3.63) is 134 Å². The van der Waals surface area contributed by atoms with Crippen molar-refractivity contribution < 1.29 is 13.5 Å². The fourth-order valence-corrected chi connectivity index (χ4v) is 4.02. The monoisotopic (exact) mass is 517 g/mol. The number of nitrogens with one attached hydrogen (secondary N) is 1. The zero-order valence-electron chi connectivity index (χ0n) is 20.0. The Morgan fingerprint density at radius 1 is 0.895 bits per heavy atom. The van der Waals surface area contributed by atoms with Crippen molar-refractivity contribution >= 4 is 0 Å². The number of hydrogen-bond donors (Lipinski definition) is 1. The van der Waals surface area contributed by atoms with Crippen LogP contribution in [-0.4, -0.2) is 23.7 Å². The minimum Gasteiger partial charge on any atom is -0.457 e. The van der Waals surface area contributed by atoms with Crippen LogP contribution in [0.3, 0.4) is 0 Å². The van der Waals surface area contributed by atoms with Crippen LogP contribution in [0, 0.1) is 6.92 Å². The third kappa shape index (κ3) is 4.94. The van der Waals surface area contributed by atoms with Gasteiger partial charge in [0, 0.05) is 11.8 Å². The lowest BCUT2D eigenvalue weighted by Gasteiger charge is -2.15. The van der Waals surface area contributed by atoms with Gasteiger partial charge in [-0.05, 0) is 55.0 Å². The molecule has 0 unspecified atom stereocenters. The lowest BCUT2D eigenvalue weighted by molar-refractivity contribution is 0.146. The Kier molecular flexibility index (Phi) is 6.56. The highest BCUT2D eigenvalue weighted by atomic mass is 19.3. The van der Waals surface area contributed by atoms with Gasteiger partial charge in [0.2, 0.25) is 0 Å². The number of aromatic amines is 1. The van der Waals surface area contributed by atoms with Crippen LogP contribution in [0.15, 0.2) is 99.7 Å². The third-order valence-corrected chi connectivity index (χ3v) is 5.77. The summed E-state index contributed by atoms with van der Waals surface area (Å²) >= 11 is 0. The van der Waals surface area contributed by atoms with Crippen LogP contribution in [-0.2, 0) is 6.54 Å². The molecule has 0 atom stereocenters. The van der Waals surface area contributed by atoms with E-state index in [0.717, 1.165) is 14.7 Å². The summed E-state index contributed by atoms with van der Waals surface area (Å²) in [5.41, 5.74) is -1.30. The lowest BCUT2D eigenvalue weighted by atomic mass is 10.1. The van der Waals surface area contributed by atoms with Crippen molar-refractivity contribution in [2.45, 2.75) is 19.9 Å². The van der Waals surface area contributed by atoms with Gasteiger partial charge in [0.15, 0.2) is 0 Å². The van der Waals surface area contributed by atoms with E-state index in [-0.39, 0.29) is 17.9 Å². The van der Waals surface area contributed by atoms with E-state index in [1.165, 1.54) is 29.2 Å². The van der Waals surface area contributed by atoms with Crippen molar-refractivity contribution in [3.63, 3.8) is 0 Å². The minimum absolute atomic E-state index is 0.0555. The van der Waals surface area contributed by atoms with Gasteiger partial charge in [0.25, 0.3) is 6.43 Å². The van der Waals surface area contributed by atoms with E-state index in [0.29, 0.717) is 22.7 Å². The second-order valence-electron chi connectivity index (χ2n) is 8.51. The first kappa shape index (κ1) is 24.6. The zero-order valence-corrected chi connectivity index (χ0v) is 20.0. The summed E-state index contributed by atoms with van der Waals surface area (Å²) in [5.74, 6) is 0.909. The first-order valence-corrected chi connectivity index (χ1v) is 11.5. The number of benzene rings is 3. The Balaban J connectivity index is 1.64. The molecule has 9 nitrogen and oxygen atoms in total. The van der Waals surface area contributed by atoms with Gasteiger partial charge in [-0.1, -0.05) is 30.3 Å². The van der Waals surface area contributed by atoms with Crippen molar-refractivity contribution in [3.8, 4) is 22.9 Å². The van der Waals surface area contributed by atoms with Gasteiger partial charge in [-0.3, -0.25) is 4.98 Å².